The summed E-state index contributed by atoms with van der Waals surface area (Å²) in [7, 11) is 3.94. The Bertz CT molecular complexity index is 806. The number of likely N-dealkylation sites (tertiary alicyclic amines) is 1. The molecule has 1 saturated heterocycles. The molecule has 144 valence electrons. The second kappa shape index (κ2) is 7.03. The fraction of sp³-hybridized carbons (Fsp3) is 0.600. The van der Waals surface area contributed by atoms with E-state index in [1.807, 2.05) is 36.0 Å². The minimum Gasteiger partial charge on any atom is -0.340 e. The molecule has 2 aromatic heterocycles. The molecule has 1 saturated carbocycles. The maximum absolute atomic E-state index is 13.1. The van der Waals surface area contributed by atoms with Gasteiger partial charge in [-0.05, 0) is 51.4 Å². The van der Waals surface area contributed by atoms with Crippen molar-refractivity contribution in [2.45, 2.75) is 44.1 Å². The first-order chi connectivity index (χ1) is 13.0. The van der Waals surface area contributed by atoms with Crippen LogP contribution in [-0.4, -0.2) is 64.1 Å². The van der Waals surface area contributed by atoms with Gasteiger partial charge in [0.2, 0.25) is 17.6 Å². The van der Waals surface area contributed by atoms with Crippen LogP contribution in [0.5, 0.6) is 0 Å². The maximum Gasteiger partial charge on any atom is 0.239 e. The summed E-state index contributed by atoms with van der Waals surface area (Å²) >= 11 is 0. The van der Waals surface area contributed by atoms with Gasteiger partial charge in [-0.1, -0.05) is 18.5 Å². The Morgan fingerprint density at radius 2 is 2.33 bits per heavy atom. The van der Waals surface area contributed by atoms with Crippen molar-refractivity contribution in [2.75, 3.05) is 27.2 Å². The summed E-state index contributed by atoms with van der Waals surface area (Å²) in [5, 5.41) is 4.20. The zero-order valence-corrected chi connectivity index (χ0v) is 16.3. The second-order valence-electron chi connectivity index (χ2n) is 8.02. The summed E-state index contributed by atoms with van der Waals surface area (Å²) in [6.07, 6.45) is 7.52. The highest BCUT2D eigenvalue weighted by Crippen LogP contribution is 2.50. The number of carbonyl (C=O) groups is 1. The molecule has 1 aliphatic heterocycles. The molecule has 2 fully saturated rings. The van der Waals surface area contributed by atoms with Crippen LogP contribution in [0.4, 0.5) is 0 Å². The number of pyridine rings is 1. The number of hydrogen-bond donors (Lipinski definition) is 0. The molecule has 0 unspecified atom stereocenters. The third-order valence-electron chi connectivity index (χ3n) is 6.25. The molecular weight excluding hydrogens is 342 g/mol. The average Bonchev–Trinajstić information content (AvgIpc) is 3.36. The molecule has 7 heteroatoms. The smallest absolute Gasteiger partial charge is 0.239 e. The number of amides is 1. The second-order valence-corrected chi connectivity index (χ2v) is 8.02. The Kier molecular flexibility index (Phi) is 4.72. The van der Waals surface area contributed by atoms with Gasteiger partial charge in [-0.25, -0.2) is 0 Å². The highest BCUT2D eigenvalue weighted by Gasteiger charge is 2.55. The molecule has 3 atom stereocenters. The van der Waals surface area contributed by atoms with E-state index in [4.69, 9.17) is 9.51 Å². The van der Waals surface area contributed by atoms with Crippen LogP contribution in [0.3, 0.4) is 0 Å². The maximum atomic E-state index is 13.1. The predicted molar refractivity (Wildman–Crippen MR) is 101 cm³/mol. The number of nitrogens with zero attached hydrogens (tertiary/aromatic N) is 5. The lowest BCUT2D eigenvalue weighted by atomic mass is 9.80. The summed E-state index contributed by atoms with van der Waals surface area (Å²) in [4.78, 5) is 25.9. The minimum atomic E-state index is -0.201. The first-order valence-electron chi connectivity index (χ1n) is 9.75. The number of aromatic nitrogens is 3. The first-order valence-corrected chi connectivity index (χ1v) is 9.75. The Morgan fingerprint density at radius 3 is 3.04 bits per heavy atom. The summed E-state index contributed by atoms with van der Waals surface area (Å²) in [6, 6.07) is 3.72. The van der Waals surface area contributed by atoms with Crippen LogP contribution in [-0.2, 0) is 10.2 Å². The van der Waals surface area contributed by atoms with Crippen molar-refractivity contribution in [1.29, 1.82) is 0 Å². The number of rotatable bonds is 5. The van der Waals surface area contributed by atoms with Gasteiger partial charge in [0.25, 0.3) is 0 Å². The van der Waals surface area contributed by atoms with Crippen molar-refractivity contribution < 1.29 is 9.32 Å². The summed E-state index contributed by atoms with van der Waals surface area (Å²) in [5.74, 6) is 1.85. The van der Waals surface area contributed by atoms with Crippen molar-refractivity contribution in [3.8, 4) is 11.4 Å². The monoisotopic (exact) mass is 369 g/mol. The van der Waals surface area contributed by atoms with Gasteiger partial charge in [-0.15, -0.1) is 0 Å². The molecule has 0 spiro atoms. The van der Waals surface area contributed by atoms with Crippen LogP contribution in [0.1, 0.15) is 38.5 Å². The zero-order chi connectivity index (χ0) is 19.0. The molecule has 0 N–H and O–H groups in total. The highest BCUT2D eigenvalue weighted by atomic mass is 16.5. The third-order valence-corrected chi connectivity index (χ3v) is 6.25. The highest BCUT2D eigenvalue weighted by molar-refractivity contribution is 5.82. The molecule has 27 heavy (non-hydrogen) atoms. The predicted octanol–water partition coefficient (Wildman–Crippen LogP) is 2.35. The normalized spacial score (nSPS) is 25.8. The Morgan fingerprint density at radius 1 is 1.48 bits per heavy atom. The van der Waals surface area contributed by atoms with Gasteiger partial charge < -0.3 is 9.42 Å². The molecule has 7 nitrogen and oxygen atoms in total. The van der Waals surface area contributed by atoms with E-state index in [0.29, 0.717) is 24.2 Å². The lowest BCUT2D eigenvalue weighted by molar-refractivity contribution is -0.135. The van der Waals surface area contributed by atoms with Crippen LogP contribution in [0.25, 0.3) is 11.4 Å². The van der Waals surface area contributed by atoms with Crippen molar-refractivity contribution >= 4 is 5.91 Å². The van der Waals surface area contributed by atoms with Gasteiger partial charge in [0.15, 0.2) is 0 Å². The molecule has 3 heterocycles. The Hall–Kier alpha value is -2.28. The number of carbonyl (C=O) groups excluding carboxylic acids is 1. The third kappa shape index (κ3) is 3.04. The van der Waals surface area contributed by atoms with E-state index >= 15 is 0 Å². The summed E-state index contributed by atoms with van der Waals surface area (Å²) < 4.78 is 5.73. The molecule has 4 rings (SSSR count). The minimum absolute atomic E-state index is 0.0745. The van der Waals surface area contributed by atoms with Gasteiger partial charge in [0.05, 0.1) is 11.5 Å². The molecule has 1 aliphatic carbocycles. The fourth-order valence-electron chi connectivity index (χ4n) is 4.82. The van der Waals surface area contributed by atoms with Gasteiger partial charge >= 0.3 is 0 Å². The summed E-state index contributed by atoms with van der Waals surface area (Å²) in [5.41, 5.74) is 0.649. The van der Waals surface area contributed by atoms with Gasteiger partial charge in [-0.3, -0.25) is 14.7 Å². The lowest BCUT2D eigenvalue weighted by Crippen LogP contribution is -2.46. The summed E-state index contributed by atoms with van der Waals surface area (Å²) in [6.45, 7) is 3.52. The quantitative estimate of drug-likeness (QED) is 0.805. The molecule has 2 aromatic rings. The topological polar surface area (TPSA) is 75.4 Å². The van der Waals surface area contributed by atoms with Crippen LogP contribution >= 0.6 is 0 Å². The molecule has 0 radical (unpaired) electrons. The van der Waals surface area contributed by atoms with Gasteiger partial charge in [0.1, 0.15) is 0 Å². The van der Waals surface area contributed by atoms with Crippen molar-refractivity contribution in [1.82, 2.24) is 24.9 Å². The SMILES string of the molecule is CC[C@H](C(=O)N1C[C@H]2CCC[C@@]2(c2nc(-c3cccnc3)no2)C1)N(C)C. The van der Waals surface area contributed by atoms with E-state index in [9.17, 15) is 4.79 Å². The zero-order valence-electron chi connectivity index (χ0n) is 16.3. The molecule has 1 amide bonds. The van der Waals surface area contributed by atoms with Crippen molar-refractivity contribution in [2.24, 2.45) is 5.92 Å². The van der Waals surface area contributed by atoms with Gasteiger partial charge in [0, 0.05) is 31.0 Å². The van der Waals surface area contributed by atoms with Crippen LogP contribution in [0.15, 0.2) is 29.0 Å². The van der Waals surface area contributed by atoms with E-state index in [-0.39, 0.29) is 17.4 Å². The standard InChI is InChI=1S/C20H27N5O2/c1-4-16(24(2)3)18(26)25-12-15-8-5-9-20(15,13-25)19-22-17(23-27-19)14-7-6-10-21-11-14/h6-7,10-11,15-16H,4-5,8-9,12-13H2,1-3H3/t15-,16-,20-/m1/s1. The molecule has 2 aliphatic rings. The van der Waals surface area contributed by atoms with E-state index in [1.54, 1.807) is 12.4 Å². The van der Waals surface area contributed by atoms with E-state index < -0.39 is 0 Å². The average molecular weight is 369 g/mol. The van der Waals surface area contributed by atoms with Crippen molar-refractivity contribution in [3.05, 3.63) is 30.4 Å². The molecule has 0 aromatic carbocycles. The van der Waals surface area contributed by atoms with E-state index in [2.05, 4.69) is 17.1 Å². The van der Waals surface area contributed by atoms with Crippen molar-refractivity contribution in [3.63, 3.8) is 0 Å². The fourth-order valence-corrected chi connectivity index (χ4v) is 4.82. The van der Waals surface area contributed by atoms with Crippen LogP contribution < -0.4 is 0 Å². The number of likely N-dealkylation sites (N-methyl/N-ethyl adjacent to an activating group) is 1. The Labute approximate surface area is 159 Å². The first kappa shape index (κ1) is 18.1. The van der Waals surface area contributed by atoms with Crippen LogP contribution in [0, 0.1) is 5.92 Å². The molecular formula is C20H27N5O2. The van der Waals surface area contributed by atoms with Gasteiger partial charge in [-0.2, -0.15) is 4.98 Å². The van der Waals surface area contributed by atoms with E-state index in [1.165, 1.54) is 0 Å². The number of fused-ring (bicyclic) bond motifs is 1. The largest absolute Gasteiger partial charge is 0.340 e. The Balaban J connectivity index is 1.60. The van der Waals surface area contributed by atoms with Crippen LogP contribution in [0.2, 0.25) is 0 Å². The lowest BCUT2D eigenvalue weighted by Gasteiger charge is -2.29. The van der Waals surface area contributed by atoms with E-state index in [0.717, 1.165) is 37.8 Å². The number of hydrogen-bond acceptors (Lipinski definition) is 6. The molecule has 0 bridgehead atoms.